The van der Waals surface area contributed by atoms with E-state index in [4.69, 9.17) is 9.02 Å². The normalized spacial score (nSPS) is 12.6. The highest BCUT2D eigenvalue weighted by atomic mass is 32.2. The van der Waals surface area contributed by atoms with Crippen LogP contribution in [0.25, 0.3) is 0 Å². The van der Waals surface area contributed by atoms with Crippen molar-refractivity contribution in [1.29, 1.82) is 0 Å². The van der Waals surface area contributed by atoms with Crippen molar-refractivity contribution < 1.29 is 25.9 Å². The molecule has 0 aliphatic carbocycles. The third kappa shape index (κ3) is 6.16. The van der Waals surface area contributed by atoms with Gasteiger partial charge in [0.2, 0.25) is 0 Å². The minimum Gasteiger partial charge on any atom is -0.394 e. The Morgan fingerprint density at radius 2 is 1.58 bits per heavy atom. The summed E-state index contributed by atoms with van der Waals surface area (Å²) in [4.78, 5) is 5.34. The summed E-state index contributed by atoms with van der Waals surface area (Å²) in [6.45, 7) is 1.61. The molecule has 0 unspecified atom stereocenters. The molecule has 140 valence electrons. The number of nitrogens with zero attached hydrogens (tertiary/aromatic N) is 1. The molecule has 0 atom stereocenters. The van der Waals surface area contributed by atoms with E-state index in [1.54, 1.807) is 37.3 Å². The summed E-state index contributed by atoms with van der Waals surface area (Å²) in [5, 5.41) is 3.89. The molecule has 0 fully saturated rings. The number of hydrogen-bond acceptors (Lipinski definition) is 7. The molecule has 0 heterocycles. The van der Waals surface area contributed by atoms with Gasteiger partial charge < -0.3 is 9.02 Å². The summed E-state index contributed by atoms with van der Waals surface area (Å²) in [7, 11) is -6.99. The van der Waals surface area contributed by atoms with Crippen LogP contribution in [-0.4, -0.2) is 41.2 Å². The number of rotatable bonds is 8. The highest BCUT2D eigenvalue weighted by molar-refractivity contribution is 7.91. The standard InChI is InChI=1S/C17H19NO6S2/c1-14(15-8-10-16(11-9-15)24-25(2,19)20)18-23-12-13-26(21,22)17-6-4-3-5-7-17/h3-11H,12-13H2,1-2H3/b18-14+. The Balaban J connectivity index is 1.92. The summed E-state index contributed by atoms with van der Waals surface area (Å²) in [5.74, 6) is 0.00786. The second kappa shape index (κ2) is 8.33. The van der Waals surface area contributed by atoms with Gasteiger partial charge in [0.05, 0.1) is 22.6 Å². The fraction of sp³-hybridized carbons (Fsp3) is 0.235. The molecule has 2 aromatic rings. The van der Waals surface area contributed by atoms with E-state index in [9.17, 15) is 16.8 Å². The molecule has 0 N–H and O–H groups in total. The zero-order chi connectivity index (χ0) is 19.2. The van der Waals surface area contributed by atoms with Gasteiger partial charge in [-0.25, -0.2) is 8.42 Å². The van der Waals surface area contributed by atoms with Gasteiger partial charge in [-0.15, -0.1) is 0 Å². The van der Waals surface area contributed by atoms with Crippen molar-refractivity contribution in [2.24, 2.45) is 5.16 Å². The summed E-state index contributed by atoms with van der Waals surface area (Å²) >= 11 is 0. The first-order chi connectivity index (χ1) is 12.2. The van der Waals surface area contributed by atoms with Crippen LogP contribution in [0.3, 0.4) is 0 Å². The van der Waals surface area contributed by atoms with Gasteiger partial charge in [-0.05, 0) is 48.9 Å². The van der Waals surface area contributed by atoms with Gasteiger partial charge in [0.1, 0.15) is 12.4 Å². The van der Waals surface area contributed by atoms with Gasteiger partial charge in [0.15, 0.2) is 9.84 Å². The fourth-order valence-corrected chi connectivity index (χ4v) is 3.58. The van der Waals surface area contributed by atoms with E-state index < -0.39 is 20.0 Å². The minimum absolute atomic E-state index is 0.0795. The second-order valence-electron chi connectivity index (χ2n) is 5.45. The van der Waals surface area contributed by atoms with E-state index in [1.807, 2.05) is 0 Å². The van der Waals surface area contributed by atoms with Gasteiger partial charge in [-0.1, -0.05) is 23.4 Å². The van der Waals surface area contributed by atoms with Gasteiger partial charge >= 0.3 is 10.1 Å². The predicted octanol–water partition coefficient (Wildman–Crippen LogP) is 2.24. The largest absolute Gasteiger partial charge is 0.394 e. The lowest BCUT2D eigenvalue weighted by Crippen LogP contribution is -2.11. The molecule has 0 saturated heterocycles. The Kier molecular flexibility index (Phi) is 6.38. The molecule has 0 aromatic heterocycles. The number of hydrogen-bond donors (Lipinski definition) is 0. The summed E-state index contributed by atoms with van der Waals surface area (Å²) < 4.78 is 51.1. The quantitative estimate of drug-likeness (QED) is 0.293. The molecule has 0 bridgehead atoms. The Morgan fingerprint density at radius 3 is 2.15 bits per heavy atom. The van der Waals surface area contributed by atoms with Crippen LogP contribution in [0.5, 0.6) is 5.75 Å². The minimum atomic E-state index is -3.58. The highest BCUT2D eigenvalue weighted by Gasteiger charge is 2.13. The Hall–Kier alpha value is -2.39. The molecule has 0 aliphatic rings. The predicted molar refractivity (Wildman–Crippen MR) is 98.6 cm³/mol. The molecule has 7 nitrogen and oxygen atoms in total. The average Bonchev–Trinajstić information content (AvgIpc) is 2.58. The third-order valence-electron chi connectivity index (χ3n) is 3.27. The molecular weight excluding hydrogens is 378 g/mol. The van der Waals surface area contributed by atoms with E-state index in [-0.39, 0.29) is 23.0 Å². The Morgan fingerprint density at radius 1 is 0.962 bits per heavy atom. The van der Waals surface area contributed by atoms with Crippen molar-refractivity contribution in [3.8, 4) is 5.75 Å². The van der Waals surface area contributed by atoms with E-state index in [1.165, 1.54) is 24.3 Å². The molecule has 0 radical (unpaired) electrons. The van der Waals surface area contributed by atoms with E-state index in [0.29, 0.717) is 11.3 Å². The number of oxime groups is 1. The third-order valence-corrected chi connectivity index (χ3v) is 5.46. The van der Waals surface area contributed by atoms with Gasteiger partial charge in [-0.3, -0.25) is 0 Å². The van der Waals surface area contributed by atoms with Crippen molar-refractivity contribution in [1.82, 2.24) is 0 Å². The molecular formula is C17H19NO6S2. The first-order valence-corrected chi connectivity index (χ1v) is 11.1. The van der Waals surface area contributed by atoms with Gasteiger partial charge in [0.25, 0.3) is 0 Å². The first-order valence-electron chi connectivity index (χ1n) is 7.62. The van der Waals surface area contributed by atoms with Crippen LogP contribution >= 0.6 is 0 Å². The average molecular weight is 397 g/mol. The molecule has 9 heteroatoms. The lowest BCUT2D eigenvalue weighted by molar-refractivity contribution is 0.160. The van der Waals surface area contributed by atoms with E-state index >= 15 is 0 Å². The molecule has 0 aliphatic heterocycles. The van der Waals surface area contributed by atoms with Crippen LogP contribution in [0.1, 0.15) is 12.5 Å². The van der Waals surface area contributed by atoms with Crippen LogP contribution in [0.15, 0.2) is 64.6 Å². The van der Waals surface area contributed by atoms with E-state index in [2.05, 4.69) is 5.16 Å². The van der Waals surface area contributed by atoms with Crippen LogP contribution in [0.2, 0.25) is 0 Å². The van der Waals surface area contributed by atoms with Crippen LogP contribution in [-0.2, 0) is 24.8 Å². The van der Waals surface area contributed by atoms with Crippen molar-refractivity contribution >= 4 is 25.7 Å². The van der Waals surface area contributed by atoms with Crippen LogP contribution in [0.4, 0.5) is 0 Å². The highest BCUT2D eigenvalue weighted by Crippen LogP contribution is 2.15. The molecule has 2 aromatic carbocycles. The fourth-order valence-electron chi connectivity index (χ4n) is 2.01. The van der Waals surface area contributed by atoms with Crippen molar-refractivity contribution in [2.45, 2.75) is 11.8 Å². The molecule has 0 amide bonds. The second-order valence-corrected chi connectivity index (χ2v) is 9.14. The first kappa shape index (κ1) is 19.9. The maximum absolute atomic E-state index is 12.1. The molecule has 0 saturated carbocycles. The Labute approximate surface area is 153 Å². The van der Waals surface area contributed by atoms with Crippen molar-refractivity contribution in [2.75, 3.05) is 18.6 Å². The van der Waals surface area contributed by atoms with Gasteiger partial charge in [-0.2, -0.15) is 8.42 Å². The lowest BCUT2D eigenvalue weighted by atomic mass is 10.1. The zero-order valence-corrected chi connectivity index (χ0v) is 16.0. The maximum Gasteiger partial charge on any atom is 0.306 e. The summed E-state index contributed by atoms with van der Waals surface area (Å²) in [5.41, 5.74) is 1.21. The van der Waals surface area contributed by atoms with Crippen LogP contribution < -0.4 is 4.18 Å². The number of sulfone groups is 1. The maximum atomic E-state index is 12.1. The smallest absolute Gasteiger partial charge is 0.306 e. The lowest BCUT2D eigenvalue weighted by Gasteiger charge is -2.06. The van der Waals surface area contributed by atoms with Crippen molar-refractivity contribution in [3.05, 3.63) is 60.2 Å². The number of benzene rings is 2. The van der Waals surface area contributed by atoms with E-state index in [0.717, 1.165) is 6.26 Å². The topological polar surface area (TPSA) is 99.1 Å². The summed E-state index contributed by atoms with van der Waals surface area (Å²) in [6, 6.07) is 14.4. The molecule has 0 spiro atoms. The van der Waals surface area contributed by atoms with Crippen LogP contribution in [0, 0.1) is 0 Å². The Bertz CT molecular complexity index is 966. The molecule has 2 rings (SSSR count). The molecule has 26 heavy (non-hydrogen) atoms. The monoisotopic (exact) mass is 397 g/mol. The van der Waals surface area contributed by atoms with Crippen molar-refractivity contribution in [3.63, 3.8) is 0 Å². The zero-order valence-electron chi connectivity index (χ0n) is 14.3. The van der Waals surface area contributed by atoms with Gasteiger partial charge in [0, 0.05) is 0 Å². The SMILES string of the molecule is C/C(=N\OCCS(=O)(=O)c1ccccc1)c1ccc(OS(C)(=O)=O)cc1. The summed E-state index contributed by atoms with van der Waals surface area (Å²) in [6.07, 6.45) is 0.963.